The molecule has 0 amide bonds. The second kappa shape index (κ2) is 53.5. The Hall–Kier alpha value is -9.54. The van der Waals surface area contributed by atoms with Crippen LogP contribution in [0.15, 0.2) is 174 Å². The van der Waals surface area contributed by atoms with Gasteiger partial charge in [0.25, 0.3) is 0 Å². The molecule has 0 aromatic heterocycles. The summed E-state index contributed by atoms with van der Waals surface area (Å²) in [5, 5.41) is 34.8. The number of phenols is 1. The summed E-state index contributed by atoms with van der Waals surface area (Å²) in [4.78, 5) is 113. The van der Waals surface area contributed by atoms with Crippen LogP contribution in [0.3, 0.4) is 0 Å². The SMILES string of the molecule is CCOC(=O)CCCBr.CCOC(=O)CCCOc1ccc2c(c1)S(=O)(=O)CCC2=O.COc1ccc2c(c1)S(=O)(=O)CCC2=O.COc1ccc2c(c1)SCCC2=O.COc1cccc(S)c1.COc1cccc(SCCC(=O)O)c1.O=C(O)CCCOc1ccc2c(c1)S(=O)(=O)CCC2=O.O=C(O)CCCl.O=C1CCS(=O)(=O)c2cc(O)ccc21. The summed E-state index contributed by atoms with van der Waals surface area (Å²) in [5.41, 5.74) is 1.74. The van der Waals surface area contributed by atoms with Gasteiger partial charge in [-0.1, -0.05) is 28.1 Å². The number of methoxy groups -OCH3 is 4. The Bertz CT molecular complexity index is 5250. The summed E-state index contributed by atoms with van der Waals surface area (Å²) in [6.07, 6.45) is 3.45. The lowest BCUT2D eigenvalue weighted by molar-refractivity contribution is -0.144. The molecule has 7 aromatic rings. The summed E-state index contributed by atoms with van der Waals surface area (Å²) in [7, 11) is -7.20. The van der Waals surface area contributed by atoms with Gasteiger partial charge in [0.15, 0.2) is 68.3 Å². The van der Waals surface area contributed by atoms with Gasteiger partial charge in [0.2, 0.25) is 0 Å². The van der Waals surface area contributed by atoms with Crippen molar-refractivity contribution in [2.45, 2.75) is 132 Å². The summed E-state index contributed by atoms with van der Waals surface area (Å²) < 4.78 is 134. The number of thiol groups is 1. The lowest BCUT2D eigenvalue weighted by atomic mass is 10.1. The molecule has 5 aliphatic heterocycles. The highest BCUT2D eigenvalue weighted by atomic mass is 79.9. The molecule has 0 saturated carbocycles. The van der Waals surface area contributed by atoms with Crippen molar-refractivity contribution < 1.29 is 140 Å². The molecule has 0 radical (unpaired) electrons. The number of carboxylic acid groups (broad SMARTS) is 3. The van der Waals surface area contributed by atoms with Crippen LogP contribution in [0.4, 0.5) is 0 Å². The van der Waals surface area contributed by atoms with Gasteiger partial charge in [0, 0.05) is 117 Å². The Morgan fingerprint density at radius 1 is 0.443 bits per heavy atom. The number of halogens is 2. The van der Waals surface area contributed by atoms with Crippen LogP contribution in [0.25, 0.3) is 0 Å². The van der Waals surface area contributed by atoms with Gasteiger partial charge in [-0.3, -0.25) is 47.9 Å². The number of aliphatic carboxylic acids is 3. The lowest BCUT2D eigenvalue weighted by Gasteiger charge is -2.16. The molecule has 0 aliphatic carbocycles. The highest BCUT2D eigenvalue weighted by Gasteiger charge is 2.33. The topological polar surface area (TPSA) is 462 Å². The molecule has 0 bridgehead atoms. The predicted octanol–water partition coefficient (Wildman–Crippen LogP) is 13.9. The van der Waals surface area contributed by atoms with Gasteiger partial charge in [-0.15, -0.1) is 47.8 Å². The van der Waals surface area contributed by atoms with Crippen molar-refractivity contribution in [3.8, 4) is 40.2 Å². The monoisotopic (exact) mass is 1910 g/mol. The minimum Gasteiger partial charge on any atom is -0.508 e. The number of carbonyl (C=O) groups excluding carboxylic acids is 7. The average Bonchev–Trinajstić information content (AvgIpc) is 0.782. The van der Waals surface area contributed by atoms with E-state index >= 15 is 0 Å². The highest BCUT2D eigenvalue weighted by molar-refractivity contribution is 9.09. The molecule has 0 fully saturated rings. The second-order valence-corrected chi connectivity index (χ2v) is 37.9. The highest BCUT2D eigenvalue weighted by Crippen LogP contribution is 2.35. The number of carbonyl (C=O) groups is 10. The molecule has 0 spiro atoms. The van der Waals surface area contributed by atoms with Crippen LogP contribution in [0.2, 0.25) is 0 Å². The third-order valence-corrected chi connectivity index (χ3v) is 26.9. The van der Waals surface area contributed by atoms with E-state index < -0.39 is 57.3 Å². The first kappa shape index (κ1) is 105. The van der Waals surface area contributed by atoms with Gasteiger partial charge in [0.1, 0.15) is 40.2 Å². The fourth-order valence-electron chi connectivity index (χ4n) is 10.7. The van der Waals surface area contributed by atoms with Gasteiger partial charge >= 0.3 is 29.8 Å². The predicted molar refractivity (Wildman–Crippen MR) is 463 cm³/mol. The molecule has 30 nitrogen and oxygen atoms in total. The zero-order chi connectivity index (χ0) is 90.8. The number of fused-ring (bicyclic) bond motifs is 5. The number of rotatable bonds is 25. The van der Waals surface area contributed by atoms with E-state index in [4.69, 9.17) is 65.2 Å². The average molecular weight is 1910 g/mol. The molecule has 664 valence electrons. The smallest absolute Gasteiger partial charge is 0.305 e. The number of aromatic hydroxyl groups is 1. The number of hydrogen-bond acceptors (Lipinski definition) is 30. The first-order valence-corrected chi connectivity index (χ1v) is 48.1. The quantitative estimate of drug-likeness (QED) is 0.0117. The van der Waals surface area contributed by atoms with Crippen LogP contribution in [0.5, 0.6) is 40.2 Å². The third kappa shape index (κ3) is 36.5. The summed E-state index contributed by atoms with van der Waals surface area (Å²) in [5.74, 6) is 1.23. The molecule has 5 aliphatic rings. The van der Waals surface area contributed by atoms with E-state index in [0.717, 1.165) is 61.1 Å². The van der Waals surface area contributed by atoms with Gasteiger partial charge in [0.05, 0.1) is 110 Å². The zero-order valence-electron chi connectivity index (χ0n) is 67.5. The van der Waals surface area contributed by atoms with E-state index in [2.05, 4.69) is 33.3 Å². The number of ether oxygens (including phenoxy) is 8. The van der Waals surface area contributed by atoms with Crippen LogP contribution >= 0.6 is 63.7 Å². The van der Waals surface area contributed by atoms with Crippen molar-refractivity contribution in [3.05, 3.63) is 167 Å². The molecule has 39 heteroatoms. The summed E-state index contributed by atoms with van der Waals surface area (Å²) in [6, 6.07) is 37.8. The molecule has 0 unspecified atom stereocenters. The minimum absolute atomic E-state index is 0.00415. The Labute approximate surface area is 736 Å². The first-order chi connectivity index (χ1) is 57.8. The molecule has 5 heterocycles. The molecular formula is C83H96BrClO30S7. The molecule has 7 aromatic carbocycles. The molecule has 122 heavy (non-hydrogen) atoms. The zero-order valence-corrected chi connectivity index (χ0v) is 75.6. The number of ketones is 5. The molecule has 12 rings (SSSR count). The molecular weight excluding hydrogens is 1820 g/mol. The largest absolute Gasteiger partial charge is 0.508 e. The van der Waals surface area contributed by atoms with Gasteiger partial charge in [-0.05, 0) is 161 Å². The van der Waals surface area contributed by atoms with Crippen LogP contribution in [-0.4, -0.2) is 213 Å². The third-order valence-electron chi connectivity index (χ3n) is 16.8. The van der Waals surface area contributed by atoms with Crippen LogP contribution in [0.1, 0.15) is 149 Å². The number of phenolic OH excluding ortho intramolecular Hbond substituents is 1. The number of carboxylic acids is 3. The van der Waals surface area contributed by atoms with E-state index in [1.165, 1.54) is 73.5 Å². The number of thioether (sulfide) groups is 2. The Balaban J connectivity index is 0.000000294. The fourth-order valence-corrected chi connectivity index (χ4v) is 19.2. The van der Waals surface area contributed by atoms with Crippen molar-refractivity contribution in [3.63, 3.8) is 0 Å². The minimum atomic E-state index is -3.44. The number of benzene rings is 7. The van der Waals surface area contributed by atoms with E-state index in [1.807, 2.05) is 73.7 Å². The standard InChI is InChI=1S/C15H18O6S.C13H14O6S.C10H10O4S.C10H12O3S.C10H10O2S.C9H8O4S.C7H8OS.C6H11BrO2.C3H5ClO2/c1-2-20-15(17)4-3-8-21-11-5-6-12-13(16)7-9-22(18,19)14(12)10-11;14-11-5-7-20(17,18)12-8-9(3-4-10(11)12)19-6-1-2-13(15)16;1-14-7-2-3-8-9(11)4-5-15(12,13)10(8)6-7;1-13-8-3-2-4-9(7-8)14-6-5-10(11)12;1-12-7-2-3-8-9(11)4-5-13-10(8)6-7;10-6-1-2-7-8(11)3-4-14(12,13)9(7)5-6;1-8-6-3-2-4-7(9)5-6;1-2-9-6(8)4-3-5-7;4-2-1-3(5)6/h5-6,10H,2-4,7-9H2,1H3;3-4,8H,1-2,5-7H2,(H,15,16);2-3,6H,4-5H2,1H3;2-4,7H,5-6H2,1H3,(H,11,12);2-3,6H,4-5H2,1H3;1-2,5,10H,3-4H2;2-5,9H,1H3;2-5H2,1H3;1-2H2,(H,5,6). The number of alkyl halides is 2. The number of Topliss-reactive ketones (excluding diaryl/α,β-unsaturated/α-hetero) is 5. The van der Waals surface area contributed by atoms with Crippen molar-refractivity contribution in [1.82, 2.24) is 0 Å². The number of hydrogen-bond donors (Lipinski definition) is 5. The van der Waals surface area contributed by atoms with Crippen LogP contribution in [-0.2, 0) is 72.8 Å². The van der Waals surface area contributed by atoms with E-state index in [1.54, 1.807) is 52.1 Å². The molecule has 4 N–H and O–H groups in total. The maximum absolute atomic E-state index is 12.0. The summed E-state index contributed by atoms with van der Waals surface area (Å²) >= 11 is 15.6. The lowest BCUT2D eigenvalue weighted by Crippen LogP contribution is -2.21. The number of esters is 2. The fraction of sp³-hybridized carbons (Fsp3) is 0.373. The van der Waals surface area contributed by atoms with Crippen molar-refractivity contribution in [1.29, 1.82) is 0 Å². The van der Waals surface area contributed by atoms with Crippen LogP contribution < -0.4 is 28.4 Å². The van der Waals surface area contributed by atoms with Gasteiger partial charge in [-0.2, -0.15) is 0 Å². The summed E-state index contributed by atoms with van der Waals surface area (Å²) in [6.45, 7) is 4.83. The maximum Gasteiger partial charge on any atom is 0.305 e. The van der Waals surface area contributed by atoms with Crippen LogP contribution in [0, 0.1) is 0 Å². The number of sulfone groups is 4. The maximum atomic E-state index is 12.0. The van der Waals surface area contributed by atoms with E-state index in [-0.39, 0.29) is 182 Å². The second-order valence-electron chi connectivity index (χ2n) is 25.6. The molecule has 0 atom stereocenters. The van der Waals surface area contributed by atoms with Gasteiger partial charge in [-0.25, -0.2) is 33.7 Å². The Morgan fingerprint density at radius 3 is 1.21 bits per heavy atom. The van der Waals surface area contributed by atoms with E-state index in [9.17, 15) is 81.6 Å². The Kier molecular flexibility index (Phi) is 45.9. The van der Waals surface area contributed by atoms with Gasteiger partial charge < -0.3 is 58.3 Å². The van der Waals surface area contributed by atoms with Crippen molar-refractivity contribution >= 4 is 162 Å². The normalized spacial score (nSPS) is 14.5. The first-order valence-electron chi connectivity index (χ1n) is 37.4. The van der Waals surface area contributed by atoms with Crippen molar-refractivity contribution in [2.75, 3.05) is 101 Å². The molecule has 0 saturated heterocycles. The van der Waals surface area contributed by atoms with Crippen molar-refractivity contribution in [2.24, 2.45) is 0 Å². The Morgan fingerprint density at radius 2 is 0.811 bits per heavy atom. The van der Waals surface area contributed by atoms with E-state index in [0.29, 0.717) is 61.9 Å².